The zero-order valence-corrected chi connectivity index (χ0v) is 44.2. The molecule has 1 aliphatic carbocycles. The van der Waals surface area contributed by atoms with Crippen molar-refractivity contribution in [2.75, 3.05) is 0 Å². The third kappa shape index (κ3) is 11.3. The fourth-order valence-corrected chi connectivity index (χ4v) is 10.1. The van der Waals surface area contributed by atoms with E-state index in [1.54, 1.807) is 19.1 Å². The molecule has 1 nitrogen and oxygen atoms in total. The minimum Gasteiger partial charge on any atom is -0.456 e. The zero-order chi connectivity index (χ0) is 52.2. The van der Waals surface area contributed by atoms with E-state index < -0.39 is 0 Å². The van der Waals surface area contributed by atoms with Crippen molar-refractivity contribution in [1.29, 1.82) is 0 Å². The van der Waals surface area contributed by atoms with Crippen LogP contribution in [0.25, 0.3) is 55.8 Å². The molecule has 74 heavy (non-hydrogen) atoms. The number of fused-ring (bicyclic) bond motifs is 7. The predicted octanol–water partition coefficient (Wildman–Crippen LogP) is 20.1. The first kappa shape index (κ1) is 52.0. The molecule has 0 amide bonds. The average Bonchev–Trinajstić information content (AvgIpc) is 3.95. The van der Waals surface area contributed by atoms with Crippen LogP contribution in [0.15, 0.2) is 235 Å². The minimum atomic E-state index is -0.325. The molecule has 0 saturated heterocycles. The van der Waals surface area contributed by atoms with Gasteiger partial charge in [0.1, 0.15) is 17.2 Å². The summed E-state index contributed by atoms with van der Waals surface area (Å²) >= 11 is 0. The SMILES string of the molecule is C=Cc1oc2ccc(C)cc2c1/C=C\C.CCc1ccccc1.Cc1ccc(C)c(F)c1.Cc1ccc2c(c1)C(c1ccccc1)(c1ccccc1)c1cc(C)c3ccccc3c1-2.Cc1ccc2ccccc2c1. The number of furan rings is 1. The van der Waals surface area contributed by atoms with Crippen molar-refractivity contribution < 1.29 is 8.81 Å². The topological polar surface area (TPSA) is 13.1 Å². The van der Waals surface area contributed by atoms with Crippen LogP contribution in [0.3, 0.4) is 0 Å². The van der Waals surface area contributed by atoms with Gasteiger partial charge in [-0.1, -0.05) is 243 Å². The highest BCUT2D eigenvalue weighted by molar-refractivity contribution is 6.05. The molecule has 0 spiro atoms. The van der Waals surface area contributed by atoms with Gasteiger partial charge in [0.15, 0.2) is 0 Å². The standard InChI is InChI=1S/C31H24.C14H14O.C11H10.C8H9F.C8H10/c1-21-17-18-27-28(19-21)31(23-11-5-3-6-12-23,24-13-7-4-8-14-24)29-20-22(2)25-15-9-10-16-26(25)30(27)29;1-4-6-11-12-9-10(3)7-8-14(12)15-13(11)5-2;1-9-6-7-10-4-2-3-5-11(10)8-9;1-6-3-4-7(2)8(9)5-6;1-2-8-6-4-3-5-7-8/h3-20H,1-2H3;4-9H,2H2,1,3H3;2-8H,1H3;3-5H,1-2H3;3-7H,2H2,1H3/b;6-4-;;;. The molecule has 0 unspecified atom stereocenters. The maximum atomic E-state index is 12.6. The van der Waals surface area contributed by atoms with Crippen LogP contribution < -0.4 is 0 Å². The van der Waals surface area contributed by atoms with E-state index in [0.29, 0.717) is 5.56 Å². The quantitative estimate of drug-likeness (QED) is 0.168. The number of allylic oxidation sites excluding steroid dienone is 1. The summed E-state index contributed by atoms with van der Waals surface area (Å²) in [5.41, 5.74) is 18.1. The summed E-state index contributed by atoms with van der Waals surface area (Å²) in [5.74, 6) is 0.726. The van der Waals surface area contributed by atoms with Crippen LogP contribution in [-0.4, -0.2) is 0 Å². The fourth-order valence-electron chi connectivity index (χ4n) is 10.1. The molecule has 2 heteroatoms. The number of benzene rings is 10. The van der Waals surface area contributed by atoms with Gasteiger partial charge in [-0.15, -0.1) is 0 Å². The van der Waals surface area contributed by atoms with Crippen LogP contribution in [0.1, 0.15) is 86.4 Å². The monoisotopic (exact) mass is 967 g/mol. The molecule has 10 aromatic carbocycles. The molecule has 0 N–H and O–H groups in total. The van der Waals surface area contributed by atoms with E-state index in [1.807, 2.05) is 38.1 Å². The molecule has 0 atom stereocenters. The molecule has 0 radical (unpaired) electrons. The smallest absolute Gasteiger partial charge is 0.135 e. The second-order valence-corrected chi connectivity index (χ2v) is 19.2. The molecule has 11 aromatic rings. The van der Waals surface area contributed by atoms with Gasteiger partial charge in [-0.3, -0.25) is 0 Å². The Morgan fingerprint density at radius 1 is 0.486 bits per heavy atom. The first-order chi connectivity index (χ1) is 36.0. The first-order valence-corrected chi connectivity index (χ1v) is 25.7. The molecule has 0 saturated carbocycles. The Morgan fingerprint density at radius 2 is 1.03 bits per heavy atom. The van der Waals surface area contributed by atoms with Gasteiger partial charge in [0.2, 0.25) is 0 Å². The molecule has 0 aliphatic heterocycles. The summed E-state index contributed by atoms with van der Waals surface area (Å²) in [5, 5.41) is 6.48. The summed E-state index contributed by atoms with van der Waals surface area (Å²) in [6.45, 7) is 20.2. The number of halogens is 1. The van der Waals surface area contributed by atoms with Crippen LogP contribution in [0.5, 0.6) is 0 Å². The first-order valence-electron chi connectivity index (χ1n) is 25.7. The van der Waals surface area contributed by atoms with Gasteiger partial charge in [-0.25, -0.2) is 4.39 Å². The summed E-state index contributed by atoms with van der Waals surface area (Å²) < 4.78 is 18.3. The Labute approximate surface area is 439 Å². The van der Waals surface area contributed by atoms with E-state index >= 15 is 0 Å². The highest BCUT2D eigenvalue weighted by Gasteiger charge is 2.46. The van der Waals surface area contributed by atoms with E-state index in [9.17, 15) is 4.39 Å². The lowest BCUT2D eigenvalue weighted by atomic mass is 9.67. The van der Waals surface area contributed by atoms with E-state index in [4.69, 9.17) is 4.42 Å². The van der Waals surface area contributed by atoms with Crippen LogP contribution in [0, 0.1) is 47.4 Å². The summed E-state index contributed by atoms with van der Waals surface area (Å²) in [4.78, 5) is 0. The third-order valence-electron chi connectivity index (χ3n) is 13.8. The van der Waals surface area contributed by atoms with Crippen LogP contribution in [0.2, 0.25) is 0 Å². The lowest BCUT2D eigenvalue weighted by molar-refractivity contribution is 0.603. The van der Waals surface area contributed by atoms with Gasteiger partial charge in [-0.05, 0) is 156 Å². The Morgan fingerprint density at radius 3 is 1.64 bits per heavy atom. The minimum absolute atomic E-state index is 0.116. The van der Waals surface area contributed by atoms with Crippen LogP contribution >= 0.6 is 0 Å². The number of hydrogen-bond donors (Lipinski definition) is 0. The van der Waals surface area contributed by atoms with Crippen molar-refractivity contribution >= 4 is 44.7 Å². The van der Waals surface area contributed by atoms with Crippen molar-refractivity contribution in [2.45, 2.75) is 67.2 Å². The largest absolute Gasteiger partial charge is 0.456 e. The lowest BCUT2D eigenvalue weighted by Crippen LogP contribution is -2.28. The highest BCUT2D eigenvalue weighted by atomic mass is 19.1. The maximum Gasteiger partial charge on any atom is 0.135 e. The van der Waals surface area contributed by atoms with E-state index in [0.717, 1.165) is 34.3 Å². The predicted molar refractivity (Wildman–Crippen MR) is 317 cm³/mol. The number of hydrogen-bond acceptors (Lipinski definition) is 1. The summed E-state index contributed by atoms with van der Waals surface area (Å²) in [6, 6.07) is 77.1. The summed E-state index contributed by atoms with van der Waals surface area (Å²) in [6.07, 6.45) is 6.97. The van der Waals surface area contributed by atoms with Crippen LogP contribution in [0.4, 0.5) is 4.39 Å². The lowest BCUT2D eigenvalue weighted by Gasteiger charge is -2.34. The fraction of sp³-hybridized carbons (Fsp3) is 0.139. The van der Waals surface area contributed by atoms with Crippen molar-refractivity contribution in [3.63, 3.8) is 0 Å². The molecule has 0 bridgehead atoms. The molecule has 1 aromatic heterocycles. The number of aryl methyl sites for hydroxylation is 7. The van der Waals surface area contributed by atoms with Crippen molar-refractivity contribution in [2.24, 2.45) is 0 Å². The Kier molecular flexibility index (Phi) is 16.8. The molecule has 0 fully saturated rings. The maximum absolute atomic E-state index is 12.6. The Hall–Kier alpha value is -8.33. The molecule has 1 aliphatic rings. The van der Waals surface area contributed by atoms with Gasteiger partial charge >= 0.3 is 0 Å². The van der Waals surface area contributed by atoms with Gasteiger partial charge in [0.25, 0.3) is 0 Å². The van der Waals surface area contributed by atoms with Crippen LogP contribution in [-0.2, 0) is 11.8 Å². The second-order valence-electron chi connectivity index (χ2n) is 19.2. The van der Waals surface area contributed by atoms with E-state index in [2.05, 4.69) is 235 Å². The summed E-state index contributed by atoms with van der Waals surface area (Å²) in [7, 11) is 0. The Balaban J connectivity index is 0.000000140. The molecule has 1 heterocycles. The molecule has 368 valence electrons. The Bertz CT molecular complexity index is 3650. The van der Waals surface area contributed by atoms with E-state index in [-0.39, 0.29) is 11.2 Å². The van der Waals surface area contributed by atoms with Crippen molar-refractivity contribution in [3.05, 3.63) is 309 Å². The molecular formula is C72H67FO. The molecule has 12 rings (SSSR count). The van der Waals surface area contributed by atoms with Gasteiger partial charge in [0, 0.05) is 10.9 Å². The zero-order valence-electron chi connectivity index (χ0n) is 44.2. The van der Waals surface area contributed by atoms with Crippen molar-refractivity contribution in [3.8, 4) is 11.1 Å². The highest BCUT2D eigenvalue weighted by Crippen LogP contribution is 2.58. The van der Waals surface area contributed by atoms with Gasteiger partial charge < -0.3 is 4.42 Å². The number of rotatable bonds is 5. The van der Waals surface area contributed by atoms with E-state index in [1.165, 1.54) is 88.8 Å². The average molecular weight is 967 g/mol. The van der Waals surface area contributed by atoms with Crippen molar-refractivity contribution in [1.82, 2.24) is 0 Å². The van der Waals surface area contributed by atoms with Gasteiger partial charge in [-0.2, -0.15) is 0 Å². The second kappa shape index (κ2) is 23.9. The molecular weight excluding hydrogens is 900 g/mol. The normalized spacial score (nSPS) is 11.7. The van der Waals surface area contributed by atoms with Gasteiger partial charge in [0.05, 0.1) is 5.41 Å². The third-order valence-corrected chi connectivity index (χ3v) is 13.8.